The Morgan fingerprint density at radius 2 is 1.50 bits per heavy atom. The number of hydrogen-bond donors (Lipinski definition) is 0. The fourth-order valence-electron chi connectivity index (χ4n) is 2.73. The fourth-order valence-corrected chi connectivity index (χ4v) is 4.54. The van der Waals surface area contributed by atoms with Crippen LogP contribution in [0, 0.1) is 6.92 Å². The minimum Gasteiger partial charge on any atom is -0.369 e. The van der Waals surface area contributed by atoms with E-state index in [1.807, 2.05) is 6.92 Å². The Morgan fingerprint density at radius 3 is 2.08 bits per heavy atom. The Hall–Kier alpha value is -1.27. The predicted octanol–water partition coefficient (Wildman–Crippen LogP) is 3.81. The van der Waals surface area contributed by atoms with E-state index in [0.29, 0.717) is 31.2 Å². The minimum absolute atomic E-state index is 0.181. The average molecular weight is 385 g/mol. The number of hydrogen-bond acceptors (Lipinski definition) is 3. The Kier molecular flexibility index (Phi) is 5.06. The molecule has 1 aliphatic rings. The van der Waals surface area contributed by atoms with Gasteiger partial charge in [-0.3, -0.25) is 0 Å². The molecule has 1 fully saturated rings. The third kappa shape index (κ3) is 3.54. The van der Waals surface area contributed by atoms with Crippen molar-refractivity contribution in [2.45, 2.75) is 11.8 Å². The van der Waals surface area contributed by atoms with E-state index in [0.717, 1.165) is 5.69 Å². The third-order valence-corrected chi connectivity index (χ3v) is 6.80. The largest absolute Gasteiger partial charge is 0.369 e. The maximum Gasteiger partial charge on any atom is 0.243 e. The second kappa shape index (κ2) is 6.92. The van der Waals surface area contributed by atoms with Gasteiger partial charge in [-0.05, 0) is 37.3 Å². The summed E-state index contributed by atoms with van der Waals surface area (Å²) in [4.78, 5) is 2.38. The zero-order chi connectivity index (χ0) is 17.3. The van der Waals surface area contributed by atoms with Crippen molar-refractivity contribution < 1.29 is 8.42 Å². The maximum absolute atomic E-state index is 12.7. The van der Waals surface area contributed by atoms with Crippen LogP contribution in [0.2, 0.25) is 10.0 Å². The van der Waals surface area contributed by atoms with E-state index in [1.165, 1.54) is 28.1 Å². The number of piperazine rings is 1. The monoisotopic (exact) mass is 384 g/mol. The highest BCUT2D eigenvalue weighted by atomic mass is 35.5. The SMILES string of the molecule is Cc1ccc(N2CCN(S(=O)(=O)c3ccc(Cl)c(Cl)c3)CC2)cc1. The van der Waals surface area contributed by atoms with Gasteiger partial charge in [0.15, 0.2) is 0 Å². The first-order valence-corrected chi connectivity index (χ1v) is 9.84. The van der Waals surface area contributed by atoms with Gasteiger partial charge < -0.3 is 4.90 Å². The van der Waals surface area contributed by atoms with Crippen LogP contribution in [0.25, 0.3) is 0 Å². The van der Waals surface area contributed by atoms with Crippen LogP contribution in [0.15, 0.2) is 47.4 Å². The van der Waals surface area contributed by atoms with E-state index < -0.39 is 10.0 Å². The molecule has 4 nitrogen and oxygen atoms in total. The molecule has 1 aliphatic heterocycles. The Morgan fingerprint density at radius 1 is 0.875 bits per heavy atom. The van der Waals surface area contributed by atoms with Crippen LogP contribution >= 0.6 is 23.2 Å². The van der Waals surface area contributed by atoms with Crippen LogP contribution < -0.4 is 4.90 Å². The summed E-state index contributed by atoms with van der Waals surface area (Å²) in [6.07, 6.45) is 0. The lowest BCUT2D eigenvalue weighted by atomic mass is 10.2. The molecule has 0 amide bonds. The van der Waals surface area contributed by atoms with Gasteiger partial charge in [-0.2, -0.15) is 4.31 Å². The van der Waals surface area contributed by atoms with Crippen LogP contribution in [-0.4, -0.2) is 38.9 Å². The van der Waals surface area contributed by atoms with E-state index in [9.17, 15) is 8.42 Å². The van der Waals surface area contributed by atoms with Crippen LogP contribution in [-0.2, 0) is 10.0 Å². The molecule has 0 atom stereocenters. The van der Waals surface area contributed by atoms with Crippen molar-refractivity contribution in [3.8, 4) is 0 Å². The molecule has 0 N–H and O–H groups in total. The van der Waals surface area contributed by atoms with Crippen molar-refractivity contribution in [1.82, 2.24) is 4.31 Å². The molecule has 2 aromatic rings. The molecule has 128 valence electrons. The normalized spacial score (nSPS) is 16.4. The van der Waals surface area contributed by atoms with Gasteiger partial charge in [0, 0.05) is 31.9 Å². The van der Waals surface area contributed by atoms with Crippen LogP contribution in [0.4, 0.5) is 5.69 Å². The second-order valence-corrected chi connectivity index (χ2v) is 8.55. The molecule has 24 heavy (non-hydrogen) atoms. The highest BCUT2D eigenvalue weighted by molar-refractivity contribution is 7.89. The van der Waals surface area contributed by atoms with Gasteiger partial charge in [0.05, 0.1) is 14.9 Å². The minimum atomic E-state index is -3.55. The zero-order valence-electron chi connectivity index (χ0n) is 13.2. The van der Waals surface area contributed by atoms with E-state index in [-0.39, 0.29) is 9.92 Å². The van der Waals surface area contributed by atoms with Crippen LogP contribution in [0.1, 0.15) is 5.56 Å². The zero-order valence-corrected chi connectivity index (χ0v) is 15.6. The van der Waals surface area contributed by atoms with Crippen molar-refractivity contribution in [1.29, 1.82) is 0 Å². The highest BCUT2D eigenvalue weighted by Crippen LogP contribution is 2.27. The lowest BCUT2D eigenvalue weighted by molar-refractivity contribution is 0.385. The molecule has 2 aromatic carbocycles. The third-order valence-electron chi connectivity index (χ3n) is 4.17. The van der Waals surface area contributed by atoms with Gasteiger partial charge in [0.25, 0.3) is 0 Å². The van der Waals surface area contributed by atoms with Gasteiger partial charge in [-0.25, -0.2) is 8.42 Å². The van der Waals surface area contributed by atoms with Crippen molar-refractivity contribution >= 4 is 38.9 Å². The number of nitrogens with zero attached hydrogens (tertiary/aromatic N) is 2. The molecule has 0 radical (unpaired) electrons. The van der Waals surface area contributed by atoms with E-state index in [4.69, 9.17) is 23.2 Å². The standard InChI is InChI=1S/C17H18Cl2N2O2S/c1-13-2-4-14(5-3-13)20-8-10-21(11-9-20)24(22,23)15-6-7-16(18)17(19)12-15/h2-7,12H,8-11H2,1H3. The topological polar surface area (TPSA) is 40.6 Å². The number of sulfonamides is 1. The van der Waals surface area contributed by atoms with E-state index in [2.05, 4.69) is 29.2 Å². The van der Waals surface area contributed by atoms with Gasteiger partial charge in [-0.1, -0.05) is 40.9 Å². The summed E-state index contributed by atoms with van der Waals surface area (Å²) in [6, 6.07) is 12.7. The Labute approximate surface area is 152 Å². The summed E-state index contributed by atoms with van der Waals surface area (Å²) in [5.74, 6) is 0. The van der Waals surface area contributed by atoms with E-state index in [1.54, 1.807) is 0 Å². The highest BCUT2D eigenvalue weighted by Gasteiger charge is 2.28. The lowest BCUT2D eigenvalue weighted by Crippen LogP contribution is -2.48. The molecule has 0 saturated carbocycles. The second-order valence-electron chi connectivity index (χ2n) is 5.80. The quantitative estimate of drug-likeness (QED) is 0.807. The Balaban J connectivity index is 1.73. The summed E-state index contributed by atoms with van der Waals surface area (Å²) >= 11 is 11.8. The van der Waals surface area contributed by atoms with Gasteiger partial charge in [0.2, 0.25) is 10.0 Å². The molecule has 0 unspecified atom stereocenters. The predicted molar refractivity (Wildman–Crippen MR) is 98.6 cm³/mol. The number of rotatable bonds is 3. The number of anilines is 1. The summed E-state index contributed by atoms with van der Waals surface area (Å²) in [7, 11) is -3.55. The smallest absolute Gasteiger partial charge is 0.243 e. The molecule has 0 spiro atoms. The van der Waals surface area contributed by atoms with Crippen molar-refractivity contribution in [3.05, 3.63) is 58.1 Å². The fraction of sp³-hybridized carbons (Fsp3) is 0.294. The van der Waals surface area contributed by atoms with Crippen LogP contribution in [0.3, 0.4) is 0 Å². The molecular formula is C17H18Cl2N2O2S. The summed E-state index contributed by atoms with van der Waals surface area (Å²) in [5.41, 5.74) is 2.33. The molecular weight excluding hydrogens is 367 g/mol. The summed E-state index contributed by atoms with van der Waals surface area (Å²) in [6.45, 7) is 4.24. The molecule has 0 aromatic heterocycles. The molecule has 7 heteroatoms. The molecule has 0 bridgehead atoms. The van der Waals surface area contributed by atoms with Crippen molar-refractivity contribution in [3.63, 3.8) is 0 Å². The molecule has 0 aliphatic carbocycles. The average Bonchev–Trinajstić information content (AvgIpc) is 2.58. The van der Waals surface area contributed by atoms with E-state index >= 15 is 0 Å². The van der Waals surface area contributed by atoms with Crippen molar-refractivity contribution in [2.24, 2.45) is 0 Å². The first-order valence-electron chi connectivity index (χ1n) is 7.65. The Bertz CT molecular complexity index is 830. The first kappa shape index (κ1) is 17.5. The van der Waals surface area contributed by atoms with Crippen molar-refractivity contribution in [2.75, 3.05) is 31.1 Å². The maximum atomic E-state index is 12.7. The molecule has 1 saturated heterocycles. The number of halogens is 2. The molecule has 3 rings (SSSR count). The van der Waals surface area contributed by atoms with Gasteiger partial charge in [-0.15, -0.1) is 0 Å². The number of benzene rings is 2. The lowest BCUT2D eigenvalue weighted by Gasteiger charge is -2.35. The summed E-state index contributed by atoms with van der Waals surface area (Å²) < 4.78 is 27.0. The number of aryl methyl sites for hydroxylation is 1. The molecule has 1 heterocycles. The van der Waals surface area contributed by atoms with Crippen LogP contribution in [0.5, 0.6) is 0 Å². The van der Waals surface area contributed by atoms with Gasteiger partial charge >= 0.3 is 0 Å². The first-order chi connectivity index (χ1) is 11.4. The van der Waals surface area contributed by atoms with Gasteiger partial charge in [0.1, 0.15) is 0 Å². The summed E-state index contributed by atoms with van der Waals surface area (Å²) in [5, 5.41) is 0.593.